The van der Waals surface area contributed by atoms with Crippen molar-refractivity contribution in [2.24, 2.45) is 11.3 Å². The third-order valence-electron chi connectivity index (χ3n) is 3.49. The summed E-state index contributed by atoms with van der Waals surface area (Å²) in [6.45, 7) is 7.62. The number of hydrogen-bond donors (Lipinski definition) is 1. The average Bonchev–Trinajstić information content (AvgIpc) is 2.13. The number of carbonyl (C=O) groups is 1. The smallest absolute Gasteiger partial charge is 0.303 e. The Bertz CT molecular complexity index is 248. The number of carboxylic acids is 1. The molecule has 2 unspecified atom stereocenters. The molecule has 0 aromatic rings. The molecule has 0 radical (unpaired) electrons. The van der Waals surface area contributed by atoms with Crippen LogP contribution in [0.25, 0.3) is 0 Å². The highest BCUT2D eigenvalue weighted by atomic mass is 16.5. The molecule has 17 heavy (non-hydrogen) atoms. The molecule has 3 heteroatoms. The van der Waals surface area contributed by atoms with Crippen molar-refractivity contribution in [1.29, 1.82) is 0 Å². The molecule has 0 bridgehead atoms. The van der Waals surface area contributed by atoms with Crippen LogP contribution in [0.5, 0.6) is 0 Å². The number of unbranched alkanes of at least 4 members (excludes halogenated alkanes) is 1. The normalized spacial score (nSPS) is 27.9. The summed E-state index contributed by atoms with van der Waals surface area (Å²) in [5.74, 6) is 0.0280. The van der Waals surface area contributed by atoms with Gasteiger partial charge >= 0.3 is 5.97 Å². The number of carboxylic acid groups (broad SMARTS) is 1. The summed E-state index contributed by atoms with van der Waals surface area (Å²) < 4.78 is 5.88. The Morgan fingerprint density at radius 1 is 1.35 bits per heavy atom. The van der Waals surface area contributed by atoms with Crippen LogP contribution in [0.3, 0.4) is 0 Å². The summed E-state index contributed by atoms with van der Waals surface area (Å²) in [4.78, 5) is 10.4. The van der Waals surface area contributed by atoms with Crippen molar-refractivity contribution < 1.29 is 14.6 Å². The van der Waals surface area contributed by atoms with Gasteiger partial charge in [0.1, 0.15) is 0 Å². The van der Waals surface area contributed by atoms with E-state index in [2.05, 4.69) is 20.8 Å². The summed E-state index contributed by atoms with van der Waals surface area (Å²) in [6.07, 6.45) is 5.79. The maximum atomic E-state index is 10.4. The maximum absolute atomic E-state index is 10.4. The largest absolute Gasteiger partial charge is 0.481 e. The van der Waals surface area contributed by atoms with Gasteiger partial charge in [-0.1, -0.05) is 20.8 Å². The number of hydrogen-bond acceptors (Lipinski definition) is 2. The Balaban J connectivity index is 2.16. The van der Waals surface area contributed by atoms with Gasteiger partial charge in [0.05, 0.1) is 6.10 Å². The fourth-order valence-electron chi connectivity index (χ4n) is 3.01. The quantitative estimate of drug-likeness (QED) is 0.725. The van der Waals surface area contributed by atoms with Gasteiger partial charge in [-0.3, -0.25) is 4.79 Å². The van der Waals surface area contributed by atoms with Crippen LogP contribution >= 0.6 is 0 Å². The standard InChI is InChI=1S/C14H26O3/c1-11-8-12(10-14(2,3)9-11)17-7-5-4-6-13(15)16/h11-12H,4-10H2,1-3H3,(H,15,16). The van der Waals surface area contributed by atoms with E-state index in [9.17, 15) is 4.79 Å². The molecular weight excluding hydrogens is 216 g/mol. The van der Waals surface area contributed by atoms with Crippen LogP contribution in [0.2, 0.25) is 0 Å². The summed E-state index contributed by atoms with van der Waals surface area (Å²) in [5, 5.41) is 8.52. The van der Waals surface area contributed by atoms with Crippen LogP contribution in [0.1, 0.15) is 59.3 Å². The number of ether oxygens (including phenoxy) is 1. The second-order valence-electron chi connectivity index (χ2n) is 6.26. The van der Waals surface area contributed by atoms with Crippen LogP contribution in [0.4, 0.5) is 0 Å². The maximum Gasteiger partial charge on any atom is 0.303 e. The Labute approximate surface area is 105 Å². The van der Waals surface area contributed by atoms with Crippen molar-refractivity contribution in [3.05, 3.63) is 0 Å². The van der Waals surface area contributed by atoms with E-state index in [0.29, 0.717) is 18.1 Å². The van der Waals surface area contributed by atoms with E-state index in [0.717, 1.165) is 31.6 Å². The zero-order valence-electron chi connectivity index (χ0n) is 11.4. The van der Waals surface area contributed by atoms with Gasteiger partial charge in [-0.25, -0.2) is 0 Å². The minimum absolute atomic E-state index is 0.260. The Kier molecular flexibility index (Phi) is 5.44. The van der Waals surface area contributed by atoms with E-state index in [-0.39, 0.29) is 6.42 Å². The van der Waals surface area contributed by atoms with Crippen molar-refractivity contribution in [1.82, 2.24) is 0 Å². The molecule has 0 aromatic carbocycles. The van der Waals surface area contributed by atoms with E-state index >= 15 is 0 Å². The van der Waals surface area contributed by atoms with Crippen LogP contribution in [-0.4, -0.2) is 23.8 Å². The molecule has 0 spiro atoms. The lowest BCUT2D eigenvalue weighted by molar-refractivity contribution is -0.137. The summed E-state index contributed by atoms with van der Waals surface area (Å²) in [5.41, 5.74) is 0.392. The van der Waals surface area contributed by atoms with Crippen LogP contribution in [0.15, 0.2) is 0 Å². The molecule has 1 fully saturated rings. The van der Waals surface area contributed by atoms with Gasteiger partial charge in [0.2, 0.25) is 0 Å². The minimum Gasteiger partial charge on any atom is -0.481 e. The lowest BCUT2D eigenvalue weighted by atomic mass is 9.71. The van der Waals surface area contributed by atoms with Crippen LogP contribution in [-0.2, 0) is 9.53 Å². The highest BCUT2D eigenvalue weighted by Gasteiger charge is 2.32. The molecule has 100 valence electrons. The van der Waals surface area contributed by atoms with Gasteiger partial charge in [0.25, 0.3) is 0 Å². The lowest BCUT2D eigenvalue weighted by Crippen LogP contribution is -2.32. The topological polar surface area (TPSA) is 46.5 Å². The van der Waals surface area contributed by atoms with Crippen molar-refractivity contribution >= 4 is 5.97 Å². The Morgan fingerprint density at radius 2 is 2.06 bits per heavy atom. The van der Waals surface area contributed by atoms with Gasteiger partial charge in [-0.2, -0.15) is 0 Å². The fraction of sp³-hybridized carbons (Fsp3) is 0.929. The predicted octanol–water partition coefficient (Wildman–Crippen LogP) is 3.47. The summed E-state index contributed by atoms with van der Waals surface area (Å²) >= 11 is 0. The first-order chi connectivity index (χ1) is 7.89. The van der Waals surface area contributed by atoms with E-state index in [1.807, 2.05) is 0 Å². The zero-order chi connectivity index (χ0) is 12.9. The molecule has 0 saturated heterocycles. The van der Waals surface area contributed by atoms with E-state index < -0.39 is 5.97 Å². The van der Waals surface area contributed by atoms with E-state index in [1.54, 1.807) is 0 Å². The summed E-state index contributed by atoms with van der Waals surface area (Å²) in [6, 6.07) is 0. The molecule has 1 rings (SSSR count). The first kappa shape index (κ1) is 14.5. The second-order valence-corrected chi connectivity index (χ2v) is 6.26. The molecule has 0 aliphatic heterocycles. The van der Waals surface area contributed by atoms with E-state index in [4.69, 9.17) is 9.84 Å². The highest BCUT2D eigenvalue weighted by molar-refractivity contribution is 5.66. The van der Waals surface area contributed by atoms with Gasteiger partial charge in [0, 0.05) is 13.0 Å². The molecule has 1 saturated carbocycles. The van der Waals surface area contributed by atoms with Gasteiger partial charge in [-0.05, 0) is 43.4 Å². The van der Waals surface area contributed by atoms with Crippen molar-refractivity contribution in [2.75, 3.05) is 6.61 Å². The van der Waals surface area contributed by atoms with Gasteiger partial charge in [-0.15, -0.1) is 0 Å². The summed E-state index contributed by atoms with van der Waals surface area (Å²) in [7, 11) is 0. The molecule has 2 atom stereocenters. The molecule has 3 nitrogen and oxygen atoms in total. The second kappa shape index (κ2) is 6.39. The first-order valence-electron chi connectivity index (χ1n) is 6.72. The zero-order valence-corrected chi connectivity index (χ0v) is 11.4. The highest BCUT2D eigenvalue weighted by Crippen LogP contribution is 2.39. The number of aliphatic carboxylic acids is 1. The van der Waals surface area contributed by atoms with Crippen LogP contribution in [0, 0.1) is 11.3 Å². The first-order valence-corrected chi connectivity index (χ1v) is 6.72. The SMILES string of the molecule is CC1CC(OCCCCC(=O)O)CC(C)(C)C1. The monoisotopic (exact) mass is 242 g/mol. The Morgan fingerprint density at radius 3 is 2.65 bits per heavy atom. The molecular formula is C14H26O3. The van der Waals surface area contributed by atoms with E-state index in [1.165, 1.54) is 6.42 Å². The van der Waals surface area contributed by atoms with Gasteiger partial charge in [0.15, 0.2) is 0 Å². The third-order valence-corrected chi connectivity index (χ3v) is 3.49. The lowest BCUT2D eigenvalue weighted by Gasteiger charge is -2.38. The molecule has 1 N–H and O–H groups in total. The van der Waals surface area contributed by atoms with Crippen molar-refractivity contribution in [3.63, 3.8) is 0 Å². The third kappa shape index (κ3) is 6.06. The molecule has 1 aliphatic rings. The number of rotatable bonds is 6. The molecule has 1 aliphatic carbocycles. The molecule has 0 aromatic heterocycles. The van der Waals surface area contributed by atoms with Gasteiger partial charge < -0.3 is 9.84 Å². The minimum atomic E-state index is -0.711. The van der Waals surface area contributed by atoms with Crippen molar-refractivity contribution in [3.8, 4) is 0 Å². The Hall–Kier alpha value is -0.570. The predicted molar refractivity (Wildman–Crippen MR) is 68.0 cm³/mol. The van der Waals surface area contributed by atoms with Crippen molar-refractivity contribution in [2.45, 2.75) is 65.4 Å². The van der Waals surface area contributed by atoms with Crippen LogP contribution < -0.4 is 0 Å². The fourth-order valence-corrected chi connectivity index (χ4v) is 3.01. The molecule has 0 heterocycles. The molecule has 0 amide bonds. The average molecular weight is 242 g/mol.